The second-order valence-corrected chi connectivity index (χ2v) is 3.55. The maximum atomic E-state index is 11.6. The first kappa shape index (κ1) is 13.1. The largest absolute Gasteiger partial charge is 0.481 e. The third kappa shape index (κ3) is 4.60. The van der Waals surface area contributed by atoms with Crippen molar-refractivity contribution in [2.45, 2.75) is 18.9 Å². The number of hydrogen-bond donors (Lipinski definition) is 3. The molecule has 1 rings (SSSR count). The fourth-order valence-electron chi connectivity index (χ4n) is 1.27. The highest BCUT2D eigenvalue weighted by molar-refractivity contribution is 5.82. The molecule has 0 saturated carbocycles. The molecule has 0 saturated heterocycles. The van der Waals surface area contributed by atoms with E-state index in [-0.39, 0.29) is 12.3 Å². The van der Waals surface area contributed by atoms with Crippen LogP contribution < -0.4 is 11.1 Å². The van der Waals surface area contributed by atoms with Crippen LogP contribution in [0.25, 0.3) is 0 Å². The third-order valence-corrected chi connectivity index (χ3v) is 2.19. The molecule has 1 amide bonds. The van der Waals surface area contributed by atoms with Crippen molar-refractivity contribution in [1.82, 2.24) is 10.3 Å². The molecule has 0 radical (unpaired) electrons. The van der Waals surface area contributed by atoms with E-state index in [9.17, 15) is 9.59 Å². The van der Waals surface area contributed by atoms with E-state index in [4.69, 9.17) is 10.8 Å². The van der Waals surface area contributed by atoms with Gasteiger partial charge in [-0.05, 0) is 18.1 Å². The average molecular weight is 237 g/mol. The Hall–Kier alpha value is -1.95. The highest BCUT2D eigenvalue weighted by Gasteiger charge is 2.14. The fraction of sp³-hybridized carbons (Fsp3) is 0.364. The van der Waals surface area contributed by atoms with Crippen LogP contribution in [0.4, 0.5) is 0 Å². The van der Waals surface area contributed by atoms with Crippen molar-refractivity contribution >= 4 is 11.9 Å². The van der Waals surface area contributed by atoms with Crippen LogP contribution in [-0.2, 0) is 9.59 Å². The predicted molar refractivity (Wildman–Crippen MR) is 61.0 cm³/mol. The molecule has 0 fully saturated rings. The topological polar surface area (TPSA) is 105 Å². The van der Waals surface area contributed by atoms with E-state index in [0.29, 0.717) is 18.5 Å². The van der Waals surface area contributed by atoms with Crippen molar-refractivity contribution in [3.8, 4) is 0 Å². The number of aliphatic carboxylic acids is 1. The minimum atomic E-state index is -0.879. The van der Waals surface area contributed by atoms with E-state index in [0.717, 1.165) is 0 Å². The Morgan fingerprint density at radius 2 is 2.29 bits per heavy atom. The van der Waals surface area contributed by atoms with Gasteiger partial charge in [0, 0.05) is 25.4 Å². The van der Waals surface area contributed by atoms with Crippen molar-refractivity contribution in [1.29, 1.82) is 0 Å². The number of nitrogens with zero attached hydrogens (tertiary/aromatic N) is 1. The number of aromatic nitrogens is 1. The Balaban J connectivity index is 2.35. The number of carbonyl (C=O) groups is 2. The number of nitrogens with one attached hydrogen (secondary N) is 1. The van der Waals surface area contributed by atoms with E-state index in [1.165, 1.54) is 6.20 Å². The Labute approximate surface area is 98.8 Å². The zero-order valence-electron chi connectivity index (χ0n) is 9.30. The standard InChI is InChI=1S/C11H15N3O3/c12-10(8-3-1-5-13-7-8)11(17)14-6-2-4-9(15)16/h1,3,5,7,10H,2,4,6,12H2,(H,14,17)(H,15,16). The lowest BCUT2D eigenvalue weighted by Gasteiger charge is -2.11. The average Bonchev–Trinajstić information content (AvgIpc) is 2.34. The quantitative estimate of drug-likeness (QED) is 0.607. The summed E-state index contributed by atoms with van der Waals surface area (Å²) in [7, 11) is 0. The Morgan fingerprint density at radius 3 is 2.88 bits per heavy atom. The molecule has 4 N–H and O–H groups in total. The second-order valence-electron chi connectivity index (χ2n) is 3.55. The molecule has 1 heterocycles. The summed E-state index contributed by atoms with van der Waals surface area (Å²) in [5.41, 5.74) is 6.34. The van der Waals surface area contributed by atoms with Crippen LogP contribution in [0.5, 0.6) is 0 Å². The van der Waals surface area contributed by atoms with Gasteiger partial charge in [-0.3, -0.25) is 14.6 Å². The number of nitrogens with two attached hydrogens (primary N) is 1. The van der Waals surface area contributed by atoms with Gasteiger partial charge >= 0.3 is 5.97 Å². The summed E-state index contributed by atoms with van der Waals surface area (Å²) in [6.45, 7) is 0.305. The van der Waals surface area contributed by atoms with Crippen molar-refractivity contribution < 1.29 is 14.7 Å². The number of rotatable bonds is 6. The first-order chi connectivity index (χ1) is 8.11. The number of amides is 1. The van der Waals surface area contributed by atoms with Crippen LogP contribution in [0.2, 0.25) is 0 Å². The molecule has 0 aliphatic rings. The van der Waals surface area contributed by atoms with E-state index in [1.54, 1.807) is 18.3 Å². The number of carboxylic acid groups (broad SMARTS) is 1. The Kier molecular flexibility index (Phi) is 5.09. The van der Waals surface area contributed by atoms with Crippen molar-refractivity contribution in [3.63, 3.8) is 0 Å². The SMILES string of the molecule is NC(C(=O)NCCCC(=O)O)c1cccnc1. The van der Waals surface area contributed by atoms with Crippen LogP contribution in [0, 0.1) is 0 Å². The number of pyridine rings is 1. The molecule has 1 aromatic rings. The summed E-state index contributed by atoms with van der Waals surface area (Å²) in [4.78, 5) is 25.7. The smallest absolute Gasteiger partial charge is 0.303 e. The molecule has 0 bridgehead atoms. The molecule has 0 aromatic carbocycles. The third-order valence-electron chi connectivity index (χ3n) is 2.19. The van der Waals surface area contributed by atoms with Gasteiger partial charge in [-0.25, -0.2) is 0 Å². The zero-order valence-corrected chi connectivity index (χ0v) is 9.30. The number of carbonyl (C=O) groups excluding carboxylic acids is 1. The van der Waals surface area contributed by atoms with E-state index in [1.807, 2.05) is 0 Å². The maximum Gasteiger partial charge on any atom is 0.303 e. The summed E-state index contributed by atoms with van der Waals surface area (Å²) < 4.78 is 0. The van der Waals surface area contributed by atoms with Gasteiger partial charge in [0.1, 0.15) is 6.04 Å². The number of hydrogen-bond acceptors (Lipinski definition) is 4. The summed E-state index contributed by atoms with van der Waals surface area (Å²) in [5, 5.41) is 11.0. The van der Waals surface area contributed by atoms with Crippen LogP contribution in [0.1, 0.15) is 24.4 Å². The van der Waals surface area contributed by atoms with Crippen LogP contribution in [0.15, 0.2) is 24.5 Å². The van der Waals surface area contributed by atoms with Crippen molar-refractivity contribution in [2.75, 3.05) is 6.54 Å². The zero-order chi connectivity index (χ0) is 12.7. The molecule has 6 nitrogen and oxygen atoms in total. The van der Waals surface area contributed by atoms with Crippen molar-refractivity contribution in [3.05, 3.63) is 30.1 Å². The lowest BCUT2D eigenvalue weighted by atomic mass is 10.1. The monoisotopic (exact) mass is 237 g/mol. The highest BCUT2D eigenvalue weighted by Crippen LogP contribution is 2.07. The second kappa shape index (κ2) is 6.59. The Morgan fingerprint density at radius 1 is 1.53 bits per heavy atom. The molecule has 17 heavy (non-hydrogen) atoms. The molecule has 0 spiro atoms. The van der Waals surface area contributed by atoms with Crippen LogP contribution in [0.3, 0.4) is 0 Å². The lowest BCUT2D eigenvalue weighted by Crippen LogP contribution is -2.34. The molecule has 1 aromatic heterocycles. The van der Waals surface area contributed by atoms with Gasteiger partial charge in [-0.1, -0.05) is 6.07 Å². The van der Waals surface area contributed by atoms with E-state index < -0.39 is 12.0 Å². The van der Waals surface area contributed by atoms with Crippen LogP contribution in [-0.4, -0.2) is 28.5 Å². The predicted octanol–water partition coefficient (Wildman–Crippen LogP) is 0.0624. The molecule has 1 atom stereocenters. The first-order valence-electron chi connectivity index (χ1n) is 5.26. The molecule has 92 valence electrons. The Bertz CT molecular complexity index is 381. The summed E-state index contributed by atoms with van der Waals surface area (Å²) in [6.07, 6.45) is 3.55. The van der Waals surface area contributed by atoms with E-state index >= 15 is 0 Å². The summed E-state index contributed by atoms with van der Waals surface area (Å²) in [5.74, 6) is -1.21. The van der Waals surface area contributed by atoms with E-state index in [2.05, 4.69) is 10.3 Å². The first-order valence-corrected chi connectivity index (χ1v) is 5.26. The molecule has 1 unspecified atom stereocenters. The van der Waals surface area contributed by atoms with Gasteiger partial charge < -0.3 is 16.2 Å². The van der Waals surface area contributed by atoms with Gasteiger partial charge in [0.15, 0.2) is 0 Å². The summed E-state index contributed by atoms with van der Waals surface area (Å²) >= 11 is 0. The normalized spacial score (nSPS) is 11.8. The molecular weight excluding hydrogens is 222 g/mol. The van der Waals surface area contributed by atoms with Gasteiger partial charge in [0.05, 0.1) is 0 Å². The molecule has 0 aliphatic carbocycles. The molecule has 6 heteroatoms. The van der Waals surface area contributed by atoms with Crippen LogP contribution >= 0.6 is 0 Å². The van der Waals surface area contributed by atoms with Gasteiger partial charge in [0.25, 0.3) is 0 Å². The molecule has 0 aliphatic heterocycles. The maximum absolute atomic E-state index is 11.6. The lowest BCUT2D eigenvalue weighted by molar-refractivity contribution is -0.137. The van der Waals surface area contributed by atoms with Gasteiger partial charge in [0.2, 0.25) is 5.91 Å². The minimum Gasteiger partial charge on any atom is -0.481 e. The highest BCUT2D eigenvalue weighted by atomic mass is 16.4. The fourth-order valence-corrected chi connectivity index (χ4v) is 1.27. The minimum absolute atomic E-state index is 0.0302. The molecular formula is C11H15N3O3. The summed E-state index contributed by atoms with van der Waals surface area (Å²) in [6, 6.07) is 2.65. The number of carboxylic acids is 1. The van der Waals surface area contributed by atoms with Crippen molar-refractivity contribution in [2.24, 2.45) is 5.73 Å². The van der Waals surface area contributed by atoms with Gasteiger partial charge in [-0.2, -0.15) is 0 Å². The van der Waals surface area contributed by atoms with Gasteiger partial charge in [-0.15, -0.1) is 0 Å².